The Hall–Kier alpha value is -3.68. The highest BCUT2D eigenvalue weighted by Crippen LogP contribution is 2.06. The zero-order valence-corrected chi connectivity index (χ0v) is 15.3. The minimum Gasteiger partial charge on any atom is -0.385 e. The highest BCUT2D eigenvalue weighted by atomic mass is 16.2. The van der Waals surface area contributed by atoms with Gasteiger partial charge in [-0.2, -0.15) is 5.10 Å². The monoisotopic (exact) mass is 378 g/mol. The highest BCUT2D eigenvalue weighted by Gasteiger charge is 2.14. The molecule has 0 saturated carbocycles. The smallest absolute Gasteiger partial charge is 0.314 e. The van der Waals surface area contributed by atoms with Gasteiger partial charge in [0.25, 0.3) is 0 Å². The highest BCUT2D eigenvalue weighted by molar-refractivity contribution is 6.39. The number of hydrogen-bond donors (Lipinski definition) is 3. The Labute approximate surface area is 163 Å². The topological polar surface area (TPSA) is 101 Å². The van der Waals surface area contributed by atoms with Crippen LogP contribution < -0.4 is 16.0 Å². The van der Waals surface area contributed by atoms with Gasteiger partial charge in [0.15, 0.2) is 5.82 Å². The molecule has 0 fully saturated rings. The van der Waals surface area contributed by atoms with Crippen LogP contribution in [0.5, 0.6) is 0 Å². The van der Waals surface area contributed by atoms with E-state index in [1.165, 1.54) is 0 Å². The van der Waals surface area contributed by atoms with E-state index in [-0.39, 0.29) is 0 Å². The van der Waals surface area contributed by atoms with Crippen molar-refractivity contribution in [1.29, 1.82) is 0 Å². The Morgan fingerprint density at radius 2 is 1.82 bits per heavy atom. The number of hydrogen-bond acceptors (Lipinski definition) is 5. The van der Waals surface area contributed by atoms with E-state index in [9.17, 15) is 9.59 Å². The first-order valence-electron chi connectivity index (χ1n) is 9.01. The summed E-state index contributed by atoms with van der Waals surface area (Å²) in [7, 11) is 0. The molecular weight excluding hydrogens is 356 g/mol. The number of nitrogens with zero attached hydrogens (tertiary/aromatic N) is 3. The van der Waals surface area contributed by atoms with Gasteiger partial charge in [0.2, 0.25) is 0 Å². The van der Waals surface area contributed by atoms with Crippen LogP contribution in [0.25, 0.3) is 0 Å². The molecule has 144 valence electrons. The number of para-hydroxylation sites is 1. The van der Waals surface area contributed by atoms with Crippen molar-refractivity contribution in [2.24, 2.45) is 0 Å². The molecule has 8 heteroatoms. The Kier molecular flexibility index (Phi) is 6.73. The summed E-state index contributed by atoms with van der Waals surface area (Å²) in [6.45, 7) is 1.64. The molecule has 0 unspecified atom stereocenters. The van der Waals surface area contributed by atoms with Gasteiger partial charge in [-0.25, -0.2) is 0 Å². The molecule has 1 aromatic carbocycles. The van der Waals surface area contributed by atoms with Gasteiger partial charge >= 0.3 is 11.8 Å². The first kappa shape index (κ1) is 19.1. The lowest BCUT2D eigenvalue weighted by molar-refractivity contribution is -0.136. The lowest BCUT2D eigenvalue weighted by Crippen LogP contribution is -2.36. The van der Waals surface area contributed by atoms with Crippen LogP contribution in [0.1, 0.15) is 12.0 Å². The molecule has 3 N–H and O–H groups in total. The summed E-state index contributed by atoms with van der Waals surface area (Å²) in [5.74, 6) is -1.08. The minimum atomic E-state index is -0.734. The fraction of sp³-hybridized carbons (Fsp3) is 0.200. The molecule has 0 aliphatic heterocycles. The molecule has 2 heterocycles. The van der Waals surface area contributed by atoms with Crippen LogP contribution in [0, 0.1) is 0 Å². The SMILES string of the molecule is O=C(NCCCNc1ccccc1)C(=O)Nc1ccn(Cc2cccnc2)n1. The van der Waals surface area contributed by atoms with E-state index in [0.717, 1.165) is 11.3 Å². The van der Waals surface area contributed by atoms with E-state index >= 15 is 0 Å². The van der Waals surface area contributed by atoms with Gasteiger partial charge in [-0.3, -0.25) is 19.3 Å². The van der Waals surface area contributed by atoms with Gasteiger partial charge in [0, 0.05) is 43.4 Å². The Morgan fingerprint density at radius 3 is 2.61 bits per heavy atom. The third-order valence-corrected chi connectivity index (χ3v) is 3.90. The predicted molar refractivity (Wildman–Crippen MR) is 107 cm³/mol. The number of carbonyl (C=O) groups is 2. The van der Waals surface area contributed by atoms with Gasteiger partial charge in [-0.05, 0) is 30.2 Å². The van der Waals surface area contributed by atoms with Crippen molar-refractivity contribution < 1.29 is 9.59 Å². The number of anilines is 2. The summed E-state index contributed by atoms with van der Waals surface area (Å²) in [6.07, 6.45) is 5.89. The van der Waals surface area contributed by atoms with Crippen molar-refractivity contribution in [3.63, 3.8) is 0 Å². The van der Waals surface area contributed by atoms with Gasteiger partial charge in [0.1, 0.15) is 0 Å². The Morgan fingerprint density at radius 1 is 0.964 bits per heavy atom. The first-order chi connectivity index (χ1) is 13.7. The zero-order chi connectivity index (χ0) is 19.6. The van der Waals surface area contributed by atoms with Gasteiger partial charge in [-0.15, -0.1) is 0 Å². The number of benzene rings is 1. The second-order valence-corrected chi connectivity index (χ2v) is 6.12. The summed E-state index contributed by atoms with van der Waals surface area (Å²) in [4.78, 5) is 27.9. The molecule has 0 aliphatic rings. The van der Waals surface area contributed by atoms with E-state index < -0.39 is 11.8 Å². The summed E-state index contributed by atoms with van der Waals surface area (Å²) in [6, 6.07) is 15.2. The molecule has 8 nitrogen and oxygen atoms in total. The van der Waals surface area contributed by atoms with E-state index in [2.05, 4.69) is 26.0 Å². The first-order valence-corrected chi connectivity index (χ1v) is 9.01. The Bertz CT molecular complexity index is 895. The van der Waals surface area contributed by atoms with E-state index in [1.807, 2.05) is 42.5 Å². The van der Waals surface area contributed by atoms with Crippen LogP contribution in [0.2, 0.25) is 0 Å². The normalized spacial score (nSPS) is 10.3. The molecule has 3 aromatic rings. The van der Waals surface area contributed by atoms with Crippen LogP contribution in [-0.2, 0) is 16.1 Å². The van der Waals surface area contributed by atoms with Crippen LogP contribution >= 0.6 is 0 Å². The summed E-state index contributed by atoms with van der Waals surface area (Å²) >= 11 is 0. The number of carbonyl (C=O) groups excluding carboxylic acids is 2. The molecule has 28 heavy (non-hydrogen) atoms. The van der Waals surface area contributed by atoms with E-state index in [0.29, 0.717) is 31.9 Å². The minimum absolute atomic E-state index is 0.329. The van der Waals surface area contributed by atoms with Crippen LogP contribution in [0.4, 0.5) is 11.5 Å². The fourth-order valence-electron chi connectivity index (χ4n) is 2.53. The van der Waals surface area contributed by atoms with Crippen LogP contribution in [0.15, 0.2) is 67.1 Å². The van der Waals surface area contributed by atoms with E-state index in [1.54, 1.807) is 29.3 Å². The van der Waals surface area contributed by atoms with Gasteiger partial charge in [-0.1, -0.05) is 24.3 Å². The maximum absolute atomic E-state index is 12.0. The molecule has 2 amide bonds. The second kappa shape index (κ2) is 9.86. The van der Waals surface area contributed by atoms with Crippen molar-refractivity contribution >= 4 is 23.3 Å². The largest absolute Gasteiger partial charge is 0.385 e. The van der Waals surface area contributed by atoms with Gasteiger partial charge in [0.05, 0.1) is 6.54 Å². The van der Waals surface area contributed by atoms with Crippen molar-refractivity contribution in [3.05, 3.63) is 72.7 Å². The molecule has 0 aliphatic carbocycles. The van der Waals surface area contributed by atoms with Crippen LogP contribution in [0.3, 0.4) is 0 Å². The third kappa shape index (κ3) is 5.94. The zero-order valence-electron chi connectivity index (χ0n) is 15.3. The second-order valence-electron chi connectivity index (χ2n) is 6.12. The number of amides is 2. The average molecular weight is 378 g/mol. The fourth-order valence-corrected chi connectivity index (χ4v) is 2.53. The van der Waals surface area contributed by atoms with Crippen molar-refractivity contribution in [2.45, 2.75) is 13.0 Å². The van der Waals surface area contributed by atoms with E-state index in [4.69, 9.17) is 0 Å². The maximum atomic E-state index is 12.0. The number of nitrogens with one attached hydrogen (secondary N) is 3. The van der Waals surface area contributed by atoms with Crippen molar-refractivity contribution in [2.75, 3.05) is 23.7 Å². The van der Waals surface area contributed by atoms with Crippen LogP contribution in [-0.4, -0.2) is 39.7 Å². The molecule has 3 rings (SSSR count). The molecule has 0 bridgehead atoms. The molecule has 0 spiro atoms. The quantitative estimate of drug-likeness (QED) is 0.410. The number of rotatable bonds is 8. The van der Waals surface area contributed by atoms with Gasteiger partial charge < -0.3 is 16.0 Å². The Balaban J connectivity index is 1.36. The van der Waals surface area contributed by atoms with Crippen molar-refractivity contribution in [3.8, 4) is 0 Å². The number of aromatic nitrogens is 3. The number of pyridine rings is 1. The summed E-state index contributed by atoms with van der Waals surface area (Å²) < 4.78 is 1.67. The third-order valence-electron chi connectivity index (χ3n) is 3.90. The predicted octanol–water partition coefficient (Wildman–Crippen LogP) is 1.88. The molecular formula is C20H22N6O2. The molecule has 2 aromatic heterocycles. The average Bonchev–Trinajstić information content (AvgIpc) is 3.15. The molecule has 0 saturated heterocycles. The molecule has 0 radical (unpaired) electrons. The standard InChI is InChI=1S/C20H22N6O2/c27-19(23-12-5-11-22-17-7-2-1-3-8-17)20(28)24-18-9-13-26(25-18)15-16-6-4-10-21-14-16/h1-4,6-10,13-14,22H,5,11-12,15H2,(H,23,27)(H,24,25,28). The van der Waals surface area contributed by atoms with Crippen molar-refractivity contribution in [1.82, 2.24) is 20.1 Å². The lowest BCUT2D eigenvalue weighted by atomic mass is 10.3. The lowest BCUT2D eigenvalue weighted by Gasteiger charge is -2.07. The maximum Gasteiger partial charge on any atom is 0.314 e. The summed E-state index contributed by atoms with van der Waals surface area (Å²) in [5, 5.41) is 12.6. The summed E-state index contributed by atoms with van der Waals surface area (Å²) in [5.41, 5.74) is 2.01. The molecule has 0 atom stereocenters.